The van der Waals surface area contributed by atoms with E-state index in [9.17, 15) is 0 Å². The van der Waals surface area contributed by atoms with Crippen molar-refractivity contribution in [1.82, 2.24) is 9.88 Å². The standard InChI is InChI=1S/C23H21N5S2.2ClH/c1-3-7-20-15(5-1)10-25-22(27-20)29-13-18-14-30-23-26-17(12-28(18)23)9-16-11-24-21-8-4-2-6-19(16)21;;/h1-8,11,14,17,24H,9-10,12-13H2,(H,25,27);2*1H/t17-;;/m0../s1. The molecule has 0 saturated heterocycles. The number of para-hydroxylation sites is 2. The van der Waals surface area contributed by atoms with Crippen molar-refractivity contribution < 1.29 is 0 Å². The summed E-state index contributed by atoms with van der Waals surface area (Å²) in [4.78, 5) is 15.5. The van der Waals surface area contributed by atoms with Gasteiger partial charge in [-0.2, -0.15) is 0 Å². The first-order valence-electron chi connectivity index (χ1n) is 10.1. The third kappa shape index (κ3) is 4.39. The lowest BCUT2D eigenvalue weighted by atomic mass is 10.1. The molecule has 3 aliphatic heterocycles. The van der Waals surface area contributed by atoms with Gasteiger partial charge >= 0.3 is 0 Å². The average molecular weight is 505 g/mol. The molecule has 1 atom stereocenters. The summed E-state index contributed by atoms with van der Waals surface area (Å²) >= 11 is 3.52. The van der Waals surface area contributed by atoms with Crippen LogP contribution >= 0.6 is 48.3 Å². The Balaban J connectivity index is 0.00000122. The Morgan fingerprint density at radius 3 is 2.88 bits per heavy atom. The quantitative estimate of drug-likeness (QED) is 0.465. The van der Waals surface area contributed by atoms with Gasteiger partial charge in [-0.15, -0.1) is 24.8 Å². The van der Waals surface area contributed by atoms with Gasteiger partial charge in [0.25, 0.3) is 0 Å². The molecule has 32 heavy (non-hydrogen) atoms. The predicted molar refractivity (Wildman–Crippen MR) is 144 cm³/mol. The molecule has 9 heteroatoms. The lowest BCUT2D eigenvalue weighted by Crippen LogP contribution is -2.26. The Kier molecular flexibility index (Phi) is 7.10. The molecule has 3 aliphatic rings. The molecule has 2 N–H and O–H groups in total. The predicted octanol–water partition coefficient (Wildman–Crippen LogP) is 5.90. The van der Waals surface area contributed by atoms with Crippen LogP contribution < -0.4 is 5.32 Å². The summed E-state index contributed by atoms with van der Waals surface area (Å²) in [5.74, 6) is 0.903. The minimum atomic E-state index is 0. The molecule has 6 rings (SSSR count). The number of fused-ring (bicyclic) bond motifs is 3. The summed E-state index contributed by atoms with van der Waals surface area (Å²) in [6.45, 7) is 1.71. The Hall–Kier alpha value is -2.06. The molecule has 0 fully saturated rings. The highest BCUT2D eigenvalue weighted by atomic mass is 35.5. The average Bonchev–Trinajstić information content (AvgIpc) is 3.48. The fourth-order valence-electron chi connectivity index (χ4n) is 4.17. The Morgan fingerprint density at radius 1 is 1.09 bits per heavy atom. The van der Waals surface area contributed by atoms with Gasteiger partial charge in [0.05, 0.1) is 12.6 Å². The molecular weight excluding hydrogens is 481 g/mol. The van der Waals surface area contributed by atoms with E-state index in [4.69, 9.17) is 9.98 Å². The number of aromatic amines is 1. The first kappa shape index (κ1) is 23.1. The summed E-state index contributed by atoms with van der Waals surface area (Å²) < 4.78 is 0. The number of anilines is 1. The van der Waals surface area contributed by atoms with E-state index in [0.717, 1.165) is 35.6 Å². The fraction of sp³-hybridized carbons (Fsp3) is 0.217. The number of amidine groups is 2. The Labute approximate surface area is 208 Å². The second-order valence-corrected chi connectivity index (χ2v) is 9.46. The molecule has 0 unspecified atom stereocenters. The number of aromatic nitrogens is 1. The summed E-state index contributed by atoms with van der Waals surface area (Å²) in [5.41, 5.74) is 6.31. The van der Waals surface area contributed by atoms with Crippen molar-refractivity contribution in [2.75, 3.05) is 17.6 Å². The third-order valence-corrected chi connectivity index (χ3v) is 7.57. The van der Waals surface area contributed by atoms with E-state index < -0.39 is 0 Å². The van der Waals surface area contributed by atoms with Crippen LogP contribution in [0.25, 0.3) is 10.9 Å². The number of benzene rings is 2. The molecular formula is C23H23Cl2N5S2. The van der Waals surface area contributed by atoms with Crippen molar-refractivity contribution in [2.45, 2.75) is 19.0 Å². The minimum Gasteiger partial charge on any atom is -0.361 e. The summed E-state index contributed by atoms with van der Waals surface area (Å²) in [5, 5.41) is 9.15. The van der Waals surface area contributed by atoms with Crippen LogP contribution in [-0.2, 0) is 13.0 Å². The first-order chi connectivity index (χ1) is 14.8. The summed E-state index contributed by atoms with van der Waals surface area (Å²) in [7, 11) is 0. The van der Waals surface area contributed by atoms with Gasteiger partial charge in [0.2, 0.25) is 0 Å². The van der Waals surface area contributed by atoms with Crippen LogP contribution in [0.4, 0.5) is 5.69 Å². The maximum absolute atomic E-state index is 4.99. The van der Waals surface area contributed by atoms with Gasteiger partial charge in [-0.1, -0.05) is 59.9 Å². The van der Waals surface area contributed by atoms with E-state index in [-0.39, 0.29) is 24.8 Å². The number of nitrogens with one attached hydrogen (secondary N) is 2. The van der Waals surface area contributed by atoms with Gasteiger partial charge < -0.3 is 15.2 Å². The Morgan fingerprint density at radius 2 is 1.94 bits per heavy atom. The molecule has 0 radical (unpaired) electrons. The van der Waals surface area contributed by atoms with Crippen LogP contribution in [0.5, 0.6) is 0 Å². The van der Waals surface area contributed by atoms with E-state index in [2.05, 4.69) is 75.3 Å². The number of hydrogen-bond acceptors (Lipinski definition) is 6. The number of nitrogens with zero attached hydrogens (tertiary/aromatic N) is 3. The number of halogens is 2. The maximum Gasteiger partial charge on any atom is 0.168 e. The van der Waals surface area contributed by atoms with Crippen LogP contribution in [0.1, 0.15) is 11.1 Å². The van der Waals surface area contributed by atoms with Crippen molar-refractivity contribution >= 4 is 75.3 Å². The van der Waals surface area contributed by atoms with Crippen LogP contribution in [0.2, 0.25) is 0 Å². The van der Waals surface area contributed by atoms with Crippen LogP contribution in [-0.4, -0.2) is 38.6 Å². The van der Waals surface area contributed by atoms with E-state index >= 15 is 0 Å². The van der Waals surface area contributed by atoms with Gasteiger partial charge in [0.1, 0.15) is 0 Å². The van der Waals surface area contributed by atoms with Gasteiger partial charge in [-0.05, 0) is 35.1 Å². The number of rotatable bonds is 4. The second kappa shape index (κ2) is 9.83. The summed E-state index contributed by atoms with van der Waals surface area (Å²) in [6, 6.07) is 17.2. The molecule has 0 bridgehead atoms. The zero-order chi connectivity index (χ0) is 19.9. The number of aliphatic imine (C=N–C) groups is 2. The van der Waals surface area contributed by atoms with E-state index in [1.165, 1.54) is 33.4 Å². The monoisotopic (exact) mass is 503 g/mol. The summed E-state index contributed by atoms with van der Waals surface area (Å²) in [6.07, 6.45) is 3.11. The smallest absolute Gasteiger partial charge is 0.168 e. The number of hydrogen-bond donors (Lipinski definition) is 2. The molecule has 0 spiro atoms. The molecule has 0 aliphatic carbocycles. The van der Waals surface area contributed by atoms with Crippen molar-refractivity contribution in [3.05, 3.63) is 77.0 Å². The van der Waals surface area contributed by atoms with Gasteiger partial charge in [0, 0.05) is 40.8 Å². The lowest BCUT2D eigenvalue weighted by Gasteiger charge is -2.20. The molecule has 3 aromatic rings. The Bertz CT molecular complexity index is 1220. The van der Waals surface area contributed by atoms with Crippen molar-refractivity contribution in [1.29, 1.82) is 0 Å². The number of H-pyrrole nitrogens is 1. The zero-order valence-electron chi connectivity index (χ0n) is 17.2. The van der Waals surface area contributed by atoms with Crippen molar-refractivity contribution in [2.24, 2.45) is 9.98 Å². The zero-order valence-corrected chi connectivity index (χ0v) is 20.4. The van der Waals surface area contributed by atoms with Gasteiger partial charge in [-0.25, -0.2) is 0 Å². The highest BCUT2D eigenvalue weighted by Gasteiger charge is 2.32. The van der Waals surface area contributed by atoms with Crippen molar-refractivity contribution in [3.63, 3.8) is 0 Å². The van der Waals surface area contributed by atoms with Gasteiger partial charge in [-0.3, -0.25) is 9.98 Å². The van der Waals surface area contributed by atoms with E-state index in [1.807, 2.05) is 0 Å². The van der Waals surface area contributed by atoms with Crippen LogP contribution in [0, 0.1) is 0 Å². The maximum atomic E-state index is 4.99. The molecule has 1 aromatic heterocycles. The fourth-order valence-corrected chi connectivity index (χ4v) is 6.11. The van der Waals surface area contributed by atoms with Crippen LogP contribution in [0.15, 0.2) is 75.8 Å². The minimum absolute atomic E-state index is 0. The van der Waals surface area contributed by atoms with Crippen molar-refractivity contribution in [3.8, 4) is 0 Å². The SMILES string of the molecule is C1=C(CSC2=NCc3ccccc3N2)N2C[C@H](Cc3c[nH]c4ccccc34)N=C2S1.Cl.Cl. The molecule has 166 valence electrons. The lowest BCUT2D eigenvalue weighted by molar-refractivity contribution is 0.513. The normalized spacial score (nSPS) is 18.6. The molecule has 0 amide bonds. The highest BCUT2D eigenvalue weighted by Crippen LogP contribution is 2.35. The van der Waals surface area contributed by atoms with E-state index in [1.54, 1.807) is 23.5 Å². The molecule has 0 saturated carbocycles. The largest absolute Gasteiger partial charge is 0.361 e. The van der Waals surface area contributed by atoms with Gasteiger partial charge in [0.15, 0.2) is 10.3 Å². The number of thioether (sulfide) groups is 2. The second-order valence-electron chi connectivity index (χ2n) is 7.66. The first-order valence-corrected chi connectivity index (χ1v) is 12.0. The topological polar surface area (TPSA) is 55.8 Å². The van der Waals surface area contributed by atoms with E-state index in [0.29, 0.717) is 6.04 Å². The molecule has 5 nitrogen and oxygen atoms in total. The highest BCUT2D eigenvalue weighted by molar-refractivity contribution is 8.17. The molecule has 4 heterocycles. The third-order valence-electron chi connectivity index (χ3n) is 5.70. The molecule has 2 aromatic carbocycles. The van der Waals surface area contributed by atoms with Crippen LogP contribution in [0.3, 0.4) is 0 Å².